The van der Waals surface area contributed by atoms with Gasteiger partial charge in [0.25, 0.3) is 0 Å². The van der Waals surface area contributed by atoms with E-state index in [9.17, 15) is 9.59 Å². The van der Waals surface area contributed by atoms with Crippen LogP contribution >= 0.6 is 15.9 Å². The summed E-state index contributed by atoms with van der Waals surface area (Å²) in [6.45, 7) is 1.85. The monoisotopic (exact) mass is 264 g/mol. The first-order chi connectivity index (χ1) is 6.48. The molecule has 4 nitrogen and oxygen atoms in total. The first kappa shape index (κ1) is 11.5. The number of methoxy groups -OCH3 is 2. The van der Waals surface area contributed by atoms with Gasteiger partial charge in [-0.1, -0.05) is 22.9 Å². The van der Waals surface area contributed by atoms with Crippen molar-refractivity contribution in [1.82, 2.24) is 0 Å². The zero-order chi connectivity index (χ0) is 11.0. The molecule has 80 valence electrons. The van der Waals surface area contributed by atoms with Gasteiger partial charge in [0.2, 0.25) is 0 Å². The molecule has 0 aliphatic heterocycles. The van der Waals surface area contributed by atoms with Gasteiger partial charge >= 0.3 is 11.9 Å². The van der Waals surface area contributed by atoms with Crippen molar-refractivity contribution in [3.8, 4) is 0 Å². The highest BCUT2D eigenvalue weighted by molar-refractivity contribution is 9.10. The fourth-order valence-electron chi connectivity index (χ4n) is 1.78. The Morgan fingerprint density at radius 3 is 2.14 bits per heavy atom. The summed E-state index contributed by atoms with van der Waals surface area (Å²) in [6, 6.07) is 0. The molecule has 1 aliphatic rings. The molecule has 0 aromatic rings. The summed E-state index contributed by atoms with van der Waals surface area (Å²) in [4.78, 5) is 22.9. The topological polar surface area (TPSA) is 52.6 Å². The lowest BCUT2D eigenvalue weighted by Crippen LogP contribution is -2.31. The second-order valence-electron chi connectivity index (χ2n) is 3.40. The number of halogens is 1. The first-order valence-corrected chi connectivity index (χ1v) is 5.13. The molecule has 1 aliphatic carbocycles. The molecule has 1 fully saturated rings. The molecule has 1 rings (SSSR count). The average Bonchev–Trinajstić information content (AvgIpc) is 2.84. The van der Waals surface area contributed by atoms with Crippen molar-refractivity contribution in [3.05, 3.63) is 0 Å². The van der Waals surface area contributed by atoms with Crippen molar-refractivity contribution in [2.75, 3.05) is 14.2 Å². The third-order valence-electron chi connectivity index (χ3n) is 2.87. The Morgan fingerprint density at radius 1 is 1.29 bits per heavy atom. The van der Waals surface area contributed by atoms with Crippen LogP contribution in [-0.4, -0.2) is 30.5 Å². The van der Waals surface area contributed by atoms with Crippen molar-refractivity contribution in [3.63, 3.8) is 0 Å². The van der Waals surface area contributed by atoms with Crippen LogP contribution in [0.15, 0.2) is 0 Å². The lowest BCUT2D eigenvalue weighted by atomic mass is 10.0. The molecule has 0 saturated heterocycles. The van der Waals surface area contributed by atoms with Crippen LogP contribution in [-0.2, 0) is 19.1 Å². The Labute approximate surface area is 91.1 Å². The van der Waals surface area contributed by atoms with Crippen molar-refractivity contribution >= 4 is 27.9 Å². The SMILES string of the molecule is CC[C@]1(C(=O)OC)C[C@@]1(Br)C(=O)OC. The van der Waals surface area contributed by atoms with E-state index in [2.05, 4.69) is 25.4 Å². The first-order valence-electron chi connectivity index (χ1n) is 4.34. The largest absolute Gasteiger partial charge is 0.469 e. The number of carbonyl (C=O) groups is 2. The predicted molar refractivity (Wildman–Crippen MR) is 53.0 cm³/mol. The molecule has 0 heterocycles. The Morgan fingerprint density at radius 2 is 1.79 bits per heavy atom. The molecular weight excluding hydrogens is 252 g/mol. The molecule has 0 bridgehead atoms. The summed E-state index contributed by atoms with van der Waals surface area (Å²) in [7, 11) is 2.63. The van der Waals surface area contributed by atoms with E-state index in [0.717, 1.165) is 0 Å². The summed E-state index contributed by atoms with van der Waals surface area (Å²) in [6.07, 6.45) is 0.996. The molecule has 0 radical (unpaired) electrons. The van der Waals surface area contributed by atoms with E-state index >= 15 is 0 Å². The van der Waals surface area contributed by atoms with Crippen molar-refractivity contribution in [2.45, 2.75) is 24.1 Å². The molecule has 14 heavy (non-hydrogen) atoms. The summed E-state index contributed by atoms with van der Waals surface area (Å²) in [5.41, 5.74) is -0.741. The van der Waals surface area contributed by atoms with E-state index in [1.54, 1.807) is 0 Å². The van der Waals surface area contributed by atoms with Crippen molar-refractivity contribution in [1.29, 1.82) is 0 Å². The lowest BCUT2D eigenvalue weighted by molar-refractivity contribution is -0.151. The fraction of sp³-hybridized carbons (Fsp3) is 0.778. The van der Waals surface area contributed by atoms with Gasteiger partial charge < -0.3 is 9.47 Å². The lowest BCUT2D eigenvalue weighted by Gasteiger charge is -2.15. The molecule has 0 aromatic heterocycles. The Bertz CT molecular complexity index is 278. The average molecular weight is 265 g/mol. The van der Waals surface area contributed by atoms with E-state index in [1.807, 2.05) is 6.92 Å². The zero-order valence-corrected chi connectivity index (χ0v) is 10.0. The fourth-order valence-corrected chi connectivity index (χ4v) is 2.86. The highest BCUT2D eigenvalue weighted by atomic mass is 79.9. The maximum absolute atomic E-state index is 11.5. The number of alkyl halides is 1. The number of hydrogen-bond donors (Lipinski definition) is 0. The highest BCUT2D eigenvalue weighted by Gasteiger charge is 2.75. The van der Waals surface area contributed by atoms with E-state index in [4.69, 9.17) is 0 Å². The van der Waals surface area contributed by atoms with Gasteiger partial charge in [-0.2, -0.15) is 0 Å². The second kappa shape index (κ2) is 3.53. The van der Waals surface area contributed by atoms with Crippen LogP contribution in [0.25, 0.3) is 0 Å². The van der Waals surface area contributed by atoms with Gasteiger partial charge in [-0.05, 0) is 12.8 Å². The number of ether oxygens (including phenoxy) is 2. The van der Waals surface area contributed by atoms with Gasteiger partial charge in [0.05, 0.1) is 19.6 Å². The molecular formula is C9H13BrO4. The van der Waals surface area contributed by atoms with Gasteiger partial charge in [0.15, 0.2) is 0 Å². The third kappa shape index (κ3) is 1.26. The zero-order valence-electron chi connectivity index (χ0n) is 8.43. The summed E-state index contributed by atoms with van der Waals surface area (Å²) >= 11 is 3.27. The van der Waals surface area contributed by atoms with E-state index < -0.39 is 15.7 Å². The predicted octanol–water partition coefficient (Wildman–Crippen LogP) is 1.27. The van der Waals surface area contributed by atoms with E-state index in [-0.39, 0.29) is 5.97 Å². The van der Waals surface area contributed by atoms with Crippen molar-refractivity contribution in [2.24, 2.45) is 5.41 Å². The van der Waals surface area contributed by atoms with Crippen LogP contribution in [0.4, 0.5) is 0 Å². The van der Waals surface area contributed by atoms with Crippen LogP contribution in [0.1, 0.15) is 19.8 Å². The van der Waals surface area contributed by atoms with Gasteiger partial charge in [0.1, 0.15) is 4.32 Å². The van der Waals surface area contributed by atoms with Crippen LogP contribution in [0.5, 0.6) is 0 Å². The van der Waals surface area contributed by atoms with Crippen LogP contribution < -0.4 is 0 Å². The highest BCUT2D eigenvalue weighted by Crippen LogP contribution is 2.65. The standard InChI is InChI=1S/C9H13BrO4/c1-4-8(6(11)13-2)5-9(8,10)7(12)14-3/h4-5H2,1-3H3/t8-,9-/m1/s1. The van der Waals surface area contributed by atoms with E-state index in [1.165, 1.54) is 14.2 Å². The summed E-state index contributed by atoms with van der Waals surface area (Å²) in [5.74, 6) is -0.771. The van der Waals surface area contributed by atoms with Gasteiger partial charge in [-0.15, -0.1) is 0 Å². The number of hydrogen-bond acceptors (Lipinski definition) is 4. The molecule has 0 aromatic carbocycles. The van der Waals surface area contributed by atoms with E-state index in [0.29, 0.717) is 12.8 Å². The summed E-state index contributed by atoms with van der Waals surface area (Å²) < 4.78 is 8.44. The molecule has 2 atom stereocenters. The summed E-state index contributed by atoms with van der Waals surface area (Å²) in [5, 5.41) is 0. The minimum absolute atomic E-state index is 0.359. The minimum Gasteiger partial charge on any atom is -0.469 e. The number of rotatable bonds is 3. The molecule has 5 heteroatoms. The Kier molecular flexibility index (Phi) is 2.90. The van der Waals surface area contributed by atoms with Crippen LogP contribution in [0, 0.1) is 5.41 Å². The quantitative estimate of drug-likeness (QED) is 0.569. The van der Waals surface area contributed by atoms with Gasteiger partial charge in [-0.25, -0.2) is 0 Å². The minimum atomic E-state index is -0.878. The number of carbonyl (C=O) groups excluding carboxylic acids is 2. The Balaban J connectivity index is 2.90. The Hall–Kier alpha value is -0.580. The van der Waals surface area contributed by atoms with Crippen LogP contribution in [0.2, 0.25) is 0 Å². The maximum atomic E-state index is 11.5. The molecule has 0 unspecified atom stereocenters. The molecule has 1 saturated carbocycles. The molecule has 0 N–H and O–H groups in total. The molecule has 0 spiro atoms. The van der Waals surface area contributed by atoms with Gasteiger partial charge in [0, 0.05) is 0 Å². The third-order valence-corrected chi connectivity index (χ3v) is 4.23. The number of esters is 2. The normalized spacial score (nSPS) is 34.9. The van der Waals surface area contributed by atoms with Gasteiger partial charge in [-0.3, -0.25) is 9.59 Å². The second-order valence-corrected chi connectivity index (χ2v) is 4.75. The van der Waals surface area contributed by atoms with Crippen molar-refractivity contribution < 1.29 is 19.1 Å². The molecule has 0 amide bonds. The maximum Gasteiger partial charge on any atom is 0.323 e. The smallest absolute Gasteiger partial charge is 0.323 e. The van der Waals surface area contributed by atoms with Crippen LogP contribution in [0.3, 0.4) is 0 Å².